The number of nitrogens with two attached hydrogens (primary N) is 1. The molecule has 0 aromatic carbocycles. The topological polar surface area (TPSA) is 75.4 Å². The van der Waals surface area contributed by atoms with Gasteiger partial charge in [-0.3, -0.25) is 4.79 Å². The minimum Gasteiger partial charge on any atom is -0.343 e. The average molecular weight is 356 g/mol. The molecule has 1 unspecified atom stereocenters. The zero-order valence-corrected chi connectivity index (χ0v) is 14.8. The predicted octanol–water partition coefficient (Wildman–Crippen LogP) is 1.19. The molecule has 1 aliphatic rings. The number of amides is 1. The van der Waals surface area contributed by atoms with Gasteiger partial charge in [-0.1, -0.05) is 13.8 Å². The Bertz CT molecular complexity index is 437. The van der Waals surface area contributed by atoms with Gasteiger partial charge in [-0.2, -0.15) is 4.37 Å². The molecular formula is C12H23Cl2N5OS. The van der Waals surface area contributed by atoms with E-state index in [2.05, 4.69) is 21.2 Å². The molecule has 1 aromatic rings. The number of aromatic nitrogens is 2. The van der Waals surface area contributed by atoms with Crippen molar-refractivity contribution in [1.82, 2.24) is 14.3 Å². The molecule has 1 aliphatic heterocycles. The van der Waals surface area contributed by atoms with Gasteiger partial charge in [0.1, 0.15) is 5.82 Å². The molecule has 2 rings (SSSR count). The molecular weight excluding hydrogens is 333 g/mol. The fourth-order valence-electron chi connectivity index (χ4n) is 2.05. The van der Waals surface area contributed by atoms with Crippen LogP contribution >= 0.6 is 36.3 Å². The van der Waals surface area contributed by atoms with Gasteiger partial charge in [-0.25, -0.2) is 4.98 Å². The number of nitrogens with zero attached hydrogens (tertiary/aromatic N) is 4. The summed E-state index contributed by atoms with van der Waals surface area (Å²) in [5.41, 5.74) is 5.54. The SMILES string of the molecule is CCc1nsc(N2CCN(C(=O)C(C)CN)CC2)n1.Cl.Cl. The third-order valence-corrected chi connectivity index (χ3v) is 4.23. The van der Waals surface area contributed by atoms with E-state index in [9.17, 15) is 4.79 Å². The third-order valence-electron chi connectivity index (χ3n) is 3.41. The fraction of sp³-hybridized carbons (Fsp3) is 0.750. The summed E-state index contributed by atoms with van der Waals surface area (Å²) in [5.74, 6) is 0.976. The van der Waals surface area contributed by atoms with Crippen molar-refractivity contribution in [2.45, 2.75) is 20.3 Å². The van der Waals surface area contributed by atoms with Crippen molar-refractivity contribution in [2.24, 2.45) is 11.7 Å². The molecule has 0 saturated carbocycles. The normalized spacial score (nSPS) is 16.0. The number of anilines is 1. The van der Waals surface area contributed by atoms with E-state index in [0.717, 1.165) is 43.6 Å². The van der Waals surface area contributed by atoms with Gasteiger partial charge in [0.15, 0.2) is 0 Å². The van der Waals surface area contributed by atoms with Crippen molar-refractivity contribution < 1.29 is 4.79 Å². The lowest BCUT2D eigenvalue weighted by Gasteiger charge is -2.35. The van der Waals surface area contributed by atoms with Crippen molar-refractivity contribution in [3.05, 3.63) is 5.82 Å². The maximum absolute atomic E-state index is 12.0. The molecule has 1 amide bonds. The van der Waals surface area contributed by atoms with E-state index in [1.165, 1.54) is 11.5 Å². The molecule has 1 fully saturated rings. The van der Waals surface area contributed by atoms with Gasteiger partial charge in [-0.15, -0.1) is 24.8 Å². The maximum Gasteiger partial charge on any atom is 0.226 e. The van der Waals surface area contributed by atoms with Gasteiger partial charge in [-0.05, 0) is 0 Å². The molecule has 9 heteroatoms. The fourth-order valence-corrected chi connectivity index (χ4v) is 2.85. The first-order valence-corrected chi connectivity index (χ1v) is 7.49. The van der Waals surface area contributed by atoms with Crippen LogP contribution in [0.15, 0.2) is 0 Å². The second-order valence-electron chi connectivity index (χ2n) is 4.80. The molecule has 21 heavy (non-hydrogen) atoms. The van der Waals surface area contributed by atoms with Crippen molar-refractivity contribution in [1.29, 1.82) is 0 Å². The smallest absolute Gasteiger partial charge is 0.226 e. The van der Waals surface area contributed by atoms with Crippen molar-refractivity contribution >= 4 is 47.4 Å². The van der Waals surface area contributed by atoms with Gasteiger partial charge in [0.25, 0.3) is 0 Å². The molecule has 6 nitrogen and oxygen atoms in total. The van der Waals surface area contributed by atoms with Gasteiger partial charge < -0.3 is 15.5 Å². The highest BCUT2D eigenvalue weighted by Crippen LogP contribution is 2.19. The zero-order valence-electron chi connectivity index (χ0n) is 12.3. The van der Waals surface area contributed by atoms with Crippen LogP contribution in [-0.2, 0) is 11.2 Å². The van der Waals surface area contributed by atoms with E-state index in [1.807, 2.05) is 11.8 Å². The van der Waals surface area contributed by atoms with Gasteiger partial charge in [0, 0.05) is 56.6 Å². The summed E-state index contributed by atoms with van der Waals surface area (Å²) in [6.45, 7) is 7.47. The first-order valence-electron chi connectivity index (χ1n) is 6.72. The molecule has 122 valence electrons. The number of carbonyl (C=O) groups is 1. The van der Waals surface area contributed by atoms with E-state index in [0.29, 0.717) is 6.54 Å². The number of aryl methyl sites for hydroxylation is 1. The summed E-state index contributed by atoms with van der Waals surface area (Å²) in [4.78, 5) is 20.6. The van der Waals surface area contributed by atoms with E-state index >= 15 is 0 Å². The number of hydrogen-bond donors (Lipinski definition) is 1. The Labute approximate surface area is 142 Å². The molecule has 1 saturated heterocycles. The van der Waals surface area contributed by atoms with Crippen LogP contribution in [0.1, 0.15) is 19.7 Å². The van der Waals surface area contributed by atoms with Gasteiger partial charge in [0.2, 0.25) is 11.0 Å². The highest BCUT2D eigenvalue weighted by Gasteiger charge is 2.25. The monoisotopic (exact) mass is 355 g/mol. The minimum absolute atomic E-state index is 0. The highest BCUT2D eigenvalue weighted by molar-refractivity contribution is 7.09. The second-order valence-corrected chi connectivity index (χ2v) is 5.53. The first-order chi connectivity index (χ1) is 9.15. The quantitative estimate of drug-likeness (QED) is 0.877. The van der Waals surface area contributed by atoms with Crippen molar-refractivity contribution in [3.8, 4) is 0 Å². The lowest BCUT2D eigenvalue weighted by atomic mass is 10.1. The summed E-state index contributed by atoms with van der Waals surface area (Å²) in [6.07, 6.45) is 0.864. The summed E-state index contributed by atoms with van der Waals surface area (Å²) in [5, 5.41) is 0.968. The van der Waals surface area contributed by atoms with Crippen LogP contribution in [0.4, 0.5) is 5.13 Å². The summed E-state index contributed by atoms with van der Waals surface area (Å²) < 4.78 is 4.30. The van der Waals surface area contributed by atoms with Crippen LogP contribution < -0.4 is 10.6 Å². The average Bonchev–Trinajstić information content (AvgIpc) is 2.94. The minimum atomic E-state index is -0.0835. The van der Waals surface area contributed by atoms with Crippen molar-refractivity contribution in [2.75, 3.05) is 37.6 Å². The lowest BCUT2D eigenvalue weighted by molar-refractivity contribution is -0.134. The van der Waals surface area contributed by atoms with E-state index in [4.69, 9.17) is 5.73 Å². The predicted molar refractivity (Wildman–Crippen MR) is 90.8 cm³/mol. The molecule has 0 aliphatic carbocycles. The number of rotatable bonds is 4. The molecule has 0 radical (unpaired) electrons. The van der Waals surface area contributed by atoms with E-state index in [-0.39, 0.29) is 36.6 Å². The van der Waals surface area contributed by atoms with Crippen LogP contribution in [-0.4, -0.2) is 52.9 Å². The van der Waals surface area contributed by atoms with Crippen LogP contribution in [0.25, 0.3) is 0 Å². The molecule has 0 spiro atoms. The third kappa shape index (κ3) is 4.95. The lowest BCUT2D eigenvalue weighted by Crippen LogP contribution is -2.50. The maximum atomic E-state index is 12.0. The largest absolute Gasteiger partial charge is 0.343 e. The standard InChI is InChI=1S/C12H21N5OS.2ClH/c1-3-10-14-12(19-15-10)17-6-4-16(5-7-17)11(18)9(2)8-13;;/h9H,3-8,13H2,1-2H3;2*1H. The number of carbonyl (C=O) groups excluding carboxylic acids is 1. The highest BCUT2D eigenvalue weighted by atomic mass is 35.5. The molecule has 2 heterocycles. The Balaban J connectivity index is 0.00000200. The van der Waals surface area contributed by atoms with Crippen LogP contribution in [0.3, 0.4) is 0 Å². The molecule has 0 bridgehead atoms. The van der Waals surface area contributed by atoms with E-state index < -0.39 is 0 Å². The van der Waals surface area contributed by atoms with Gasteiger partial charge >= 0.3 is 0 Å². The zero-order chi connectivity index (χ0) is 13.8. The molecule has 1 aromatic heterocycles. The molecule has 2 N–H and O–H groups in total. The number of piperazine rings is 1. The van der Waals surface area contributed by atoms with Crippen LogP contribution in [0.5, 0.6) is 0 Å². The molecule has 1 atom stereocenters. The number of halogens is 2. The summed E-state index contributed by atoms with van der Waals surface area (Å²) in [6, 6.07) is 0. The second kappa shape index (κ2) is 9.40. The Kier molecular flexibility index (Phi) is 9.12. The van der Waals surface area contributed by atoms with Crippen molar-refractivity contribution in [3.63, 3.8) is 0 Å². The Morgan fingerprint density at radius 2 is 1.95 bits per heavy atom. The van der Waals surface area contributed by atoms with Gasteiger partial charge in [0.05, 0.1) is 0 Å². The number of hydrogen-bond acceptors (Lipinski definition) is 6. The summed E-state index contributed by atoms with van der Waals surface area (Å²) >= 11 is 1.44. The Morgan fingerprint density at radius 3 is 2.43 bits per heavy atom. The van der Waals surface area contributed by atoms with Crippen LogP contribution in [0.2, 0.25) is 0 Å². The first kappa shape index (κ1) is 20.4. The Morgan fingerprint density at radius 1 is 1.33 bits per heavy atom. The van der Waals surface area contributed by atoms with Crippen LogP contribution in [0, 0.1) is 5.92 Å². The summed E-state index contributed by atoms with van der Waals surface area (Å²) in [7, 11) is 0. The Hall–Kier alpha value is -0.630. The van der Waals surface area contributed by atoms with E-state index in [1.54, 1.807) is 0 Å².